The number of carbonyl (C=O) groups excluding carboxylic acids is 1. The Labute approximate surface area is 108 Å². The first-order chi connectivity index (χ1) is 8.41. The number of ketones is 1. The van der Waals surface area contributed by atoms with Crippen molar-refractivity contribution in [3.05, 3.63) is 29.8 Å². The van der Waals surface area contributed by atoms with Crippen LogP contribution in [-0.2, 0) is 9.84 Å². The summed E-state index contributed by atoms with van der Waals surface area (Å²) >= 11 is 0. The largest absolute Gasteiger partial charge is 0.366 e. The van der Waals surface area contributed by atoms with E-state index in [1.807, 2.05) is 30.0 Å². The molecule has 98 valence electrons. The zero-order chi connectivity index (χ0) is 13.3. The average molecular weight is 267 g/mol. The molecule has 4 nitrogen and oxygen atoms in total. The summed E-state index contributed by atoms with van der Waals surface area (Å²) in [5.74, 6) is 0.314. The molecule has 1 aliphatic heterocycles. The standard InChI is InChI=1S/C13H17NO3S/c1-10-9-18(16,17)8-7-14(10)13-6-4-3-5-12(13)11(2)15/h3-6,10H,7-9H2,1-2H3. The predicted octanol–water partition coefficient (Wildman–Crippen LogP) is 1.51. The van der Waals surface area contributed by atoms with Gasteiger partial charge in [0.25, 0.3) is 0 Å². The number of carbonyl (C=O) groups is 1. The molecule has 0 amide bonds. The normalized spacial score (nSPS) is 22.8. The average Bonchev–Trinajstić information content (AvgIpc) is 2.28. The van der Waals surface area contributed by atoms with Crippen LogP contribution in [0.15, 0.2) is 24.3 Å². The van der Waals surface area contributed by atoms with Crippen molar-refractivity contribution in [1.29, 1.82) is 0 Å². The zero-order valence-electron chi connectivity index (χ0n) is 10.6. The van der Waals surface area contributed by atoms with E-state index in [0.29, 0.717) is 12.1 Å². The van der Waals surface area contributed by atoms with Crippen LogP contribution in [0.1, 0.15) is 24.2 Å². The Morgan fingerprint density at radius 2 is 2.00 bits per heavy atom. The summed E-state index contributed by atoms with van der Waals surface area (Å²) in [5.41, 5.74) is 1.50. The maximum Gasteiger partial charge on any atom is 0.161 e. The Kier molecular flexibility index (Phi) is 3.43. The Bertz CT molecular complexity index is 565. The van der Waals surface area contributed by atoms with Gasteiger partial charge in [-0.05, 0) is 26.0 Å². The molecule has 1 saturated heterocycles. The number of nitrogens with zero attached hydrogens (tertiary/aromatic N) is 1. The van der Waals surface area contributed by atoms with Gasteiger partial charge in [0.05, 0.1) is 11.5 Å². The van der Waals surface area contributed by atoms with Gasteiger partial charge in [-0.25, -0.2) is 8.42 Å². The molecule has 1 fully saturated rings. The maximum absolute atomic E-state index is 11.6. The van der Waals surface area contributed by atoms with E-state index >= 15 is 0 Å². The van der Waals surface area contributed by atoms with E-state index in [2.05, 4.69) is 0 Å². The minimum atomic E-state index is -2.93. The maximum atomic E-state index is 11.6. The van der Waals surface area contributed by atoms with Crippen molar-refractivity contribution in [2.75, 3.05) is 23.0 Å². The van der Waals surface area contributed by atoms with E-state index in [9.17, 15) is 13.2 Å². The molecule has 1 aromatic carbocycles. The van der Waals surface area contributed by atoms with Crippen molar-refractivity contribution in [1.82, 2.24) is 0 Å². The van der Waals surface area contributed by atoms with Gasteiger partial charge in [-0.3, -0.25) is 4.79 Å². The third-order valence-corrected chi connectivity index (χ3v) is 5.06. The lowest BCUT2D eigenvalue weighted by Crippen LogP contribution is -2.47. The molecule has 0 aromatic heterocycles. The van der Waals surface area contributed by atoms with Crippen LogP contribution in [0.3, 0.4) is 0 Å². The molecule has 1 unspecified atom stereocenters. The van der Waals surface area contributed by atoms with Gasteiger partial charge in [0.15, 0.2) is 15.6 Å². The molecular weight excluding hydrogens is 250 g/mol. The molecule has 0 bridgehead atoms. The summed E-state index contributed by atoms with van der Waals surface area (Å²) in [6.07, 6.45) is 0. The number of anilines is 1. The number of rotatable bonds is 2. The molecule has 0 spiro atoms. The quantitative estimate of drug-likeness (QED) is 0.762. The van der Waals surface area contributed by atoms with Gasteiger partial charge in [-0.2, -0.15) is 0 Å². The van der Waals surface area contributed by atoms with Crippen molar-refractivity contribution in [3.63, 3.8) is 0 Å². The summed E-state index contributed by atoms with van der Waals surface area (Å²) in [6.45, 7) is 3.87. The van der Waals surface area contributed by atoms with Gasteiger partial charge in [-0.15, -0.1) is 0 Å². The van der Waals surface area contributed by atoms with E-state index in [1.54, 1.807) is 6.07 Å². The third-order valence-electron chi connectivity index (χ3n) is 3.26. The number of sulfone groups is 1. The molecule has 2 rings (SSSR count). The molecule has 1 heterocycles. The Hall–Kier alpha value is -1.36. The third kappa shape index (κ3) is 2.56. The van der Waals surface area contributed by atoms with Gasteiger partial charge < -0.3 is 4.90 Å². The molecule has 0 radical (unpaired) electrons. The van der Waals surface area contributed by atoms with Crippen molar-refractivity contribution in [3.8, 4) is 0 Å². The van der Waals surface area contributed by atoms with E-state index in [0.717, 1.165) is 5.69 Å². The molecule has 1 atom stereocenters. The Morgan fingerprint density at radius 1 is 1.33 bits per heavy atom. The van der Waals surface area contributed by atoms with Crippen LogP contribution >= 0.6 is 0 Å². The molecule has 0 saturated carbocycles. The SMILES string of the molecule is CC(=O)c1ccccc1N1CCS(=O)(=O)CC1C. The van der Waals surface area contributed by atoms with Gasteiger partial charge >= 0.3 is 0 Å². The predicted molar refractivity (Wildman–Crippen MR) is 71.9 cm³/mol. The fraction of sp³-hybridized carbons (Fsp3) is 0.462. The monoisotopic (exact) mass is 267 g/mol. The molecule has 18 heavy (non-hydrogen) atoms. The summed E-state index contributed by atoms with van der Waals surface area (Å²) in [7, 11) is -2.93. The first-order valence-electron chi connectivity index (χ1n) is 5.98. The van der Waals surface area contributed by atoms with Gasteiger partial charge in [0.1, 0.15) is 0 Å². The number of hydrogen-bond acceptors (Lipinski definition) is 4. The highest BCUT2D eigenvalue weighted by Gasteiger charge is 2.29. The molecular formula is C13H17NO3S. The first kappa shape index (κ1) is 13.1. The Morgan fingerprint density at radius 3 is 2.61 bits per heavy atom. The lowest BCUT2D eigenvalue weighted by atomic mass is 10.1. The van der Waals surface area contributed by atoms with Crippen molar-refractivity contribution >= 4 is 21.3 Å². The molecule has 0 N–H and O–H groups in total. The van der Waals surface area contributed by atoms with E-state index in [4.69, 9.17) is 0 Å². The summed E-state index contributed by atoms with van der Waals surface area (Å²) in [4.78, 5) is 13.6. The number of hydrogen-bond donors (Lipinski definition) is 0. The topological polar surface area (TPSA) is 54.5 Å². The number of para-hydroxylation sites is 1. The minimum absolute atomic E-state index is 0.00577. The van der Waals surface area contributed by atoms with E-state index in [-0.39, 0.29) is 23.3 Å². The van der Waals surface area contributed by atoms with Crippen LogP contribution in [0.5, 0.6) is 0 Å². The lowest BCUT2D eigenvalue weighted by Gasteiger charge is -2.36. The molecule has 5 heteroatoms. The van der Waals surface area contributed by atoms with Crippen molar-refractivity contribution in [2.24, 2.45) is 0 Å². The fourth-order valence-corrected chi connectivity index (χ4v) is 3.93. The Balaban J connectivity index is 2.36. The zero-order valence-corrected chi connectivity index (χ0v) is 11.4. The van der Waals surface area contributed by atoms with Crippen molar-refractivity contribution < 1.29 is 13.2 Å². The second kappa shape index (κ2) is 4.72. The van der Waals surface area contributed by atoms with Crippen LogP contribution in [0.4, 0.5) is 5.69 Å². The van der Waals surface area contributed by atoms with Crippen LogP contribution in [0.25, 0.3) is 0 Å². The number of Topliss-reactive ketones (excluding diaryl/α,β-unsaturated/α-hetero) is 1. The highest BCUT2D eigenvalue weighted by molar-refractivity contribution is 7.91. The van der Waals surface area contributed by atoms with Gasteiger partial charge in [0, 0.05) is 23.8 Å². The van der Waals surface area contributed by atoms with Crippen LogP contribution < -0.4 is 4.90 Å². The van der Waals surface area contributed by atoms with Gasteiger partial charge in [0.2, 0.25) is 0 Å². The van der Waals surface area contributed by atoms with E-state index < -0.39 is 9.84 Å². The van der Waals surface area contributed by atoms with Crippen LogP contribution in [0.2, 0.25) is 0 Å². The minimum Gasteiger partial charge on any atom is -0.366 e. The molecule has 0 aliphatic carbocycles. The summed E-state index contributed by atoms with van der Waals surface area (Å²) in [5, 5.41) is 0. The molecule has 1 aliphatic rings. The van der Waals surface area contributed by atoms with Crippen molar-refractivity contribution in [2.45, 2.75) is 19.9 Å². The first-order valence-corrected chi connectivity index (χ1v) is 7.80. The highest BCUT2D eigenvalue weighted by Crippen LogP contribution is 2.25. The highest BCUT2D eigenvalue weighted by atomic mass is 32.2. The summed E-state index contributed by atoms with van der Waals surface area (Å²) < 4.78 is 23.1. The second-order valence-corrected chi connectivity index (χ2v) is 6.96. The van der Waals surface area contributed by atoms with Crippen LogP contribution in [0, 0.1) is 0 Å². The fourth-order valence-electron chi connectivity index (χ4n) is 2.38. The molecule has 1 aromatic rings. The van der Waals surface area contributed by atoms with E-state index in [1.165, 1.54) is 6.92 Å². The van der Waals surface area contributed by atoms with Gasteiger partial charge in [-0.1, -0.05) is 12.1 Å². The lowest BCUT2D eigenvalue weighted by molar-refractivity contribution is 0.101. The second-order valence-electron chi connectivity index (χ2n) is 4.73. The van der Waals surface area contributed by atoms with Crippen LogP contribution in [-0.4, -0.2) is 38.3 Å². The smallest absolute Gasteiger partial charge is 0.161 e. The summed E-state index contributed by atoms with van der Waals surface area (Å²) in [6, 6.07) is 7.27. The number of benzene rings is 1.